The second-order valence-corrected chi connectivity index (χ2v) is 5.28. The second-order valence-electron chi connectivity index (χ2n) is 5.28. The Kier molecular flexibility index (Phi) is 6.89. The molecule has 2 aromatic rings. The van der Waals surface area contributed by atoms with Crippen LogP contribution in [0.2, 0.25) is 0 Å². The largest absolute Gasteiger partial charge is 0.493 e. The van der Waals surface area contributed by atoms with Gasteiger partial charge in [0.25, 0.3) is 5.91 Å². The minimum absolute atomic E-state index is 0.215. The highest BCUT2D eigenvalue weighted by atomic mass is 16.5. The number of nitrogens with one attached hydrogen (secondary N) is 1. The van der Waals surface area contributed by atoms with Crippen LogP contribution in [0.5, 0.6) is 17.2 Å². The van der Waals surface area contributed by atoms with Crippen molar-refractivity contribution in [3.05, 3.63) is 61.2 Å². The van der Waals surface area contributed by atoms with Gasteiger partial charge in [-0.3, -0.25) is 4.79 Å². The number of hydrogen-bond acceptors (Lipinski definition) is 4. The molecule has 132 valence electrons. The second kappa shape index (κ2) is 9.37. The van der Waals surface area contributed by atoms with E-state index < -0.39 is 6.10 Å². The summed E-state index contributed by atoms with van der Waals surface area (Å²) >= 11 is 0. The Balaban J connectivity index is 2.00. The van der Waals surface area contributed by atoms with E-state index in [1.165, 1.54) is 0 Å². The monoisotopic (exact) mass is 341 g/mol. The van der Waals surface area contributed by atoms with Crippen LogP contribution < -0.4 is 19.5 Å². The summed E-state index contributed by atoms with van der Waals surface area (Å²) in [6, 6.07) is 14.4. The standard InChI is InChI=1S/C20H23NO4/c1-4-14-24-16-12-10-15(11-13-16)21-20(22)17(5-2)25-19-9-7-6-8-18(19)23-3/h4,6-13,17H,1,5,14H2,2-3H3,(H,21,22)/t17-/m0/s1. The molecule has 0 fully saturated rings. The van der Waals surface area contributed by atoms with Crippen LogP contribution in [-0.2, 0) is 4.79 Å². The van der Waals surface area contributed by atoms with Crippen molar-refractivity contribution in [3.63, 3.8) is 0 Å². The number of benzene rings is 2. The minimum atomic E-state index is -0.618. The first-order valence-electron chi connectivity index (χ1n) is 8.12. The van der Waals surface area contributed by atoms with Gasteiger partial charge in [-0.15, -0.1) is 0 Å². The lowest BCUT2D eigenvalue weighted by Crippen LogP contribution is -2.32. The minimum Gasteiger partial charge on any atom is -0.493 e. The molecule has 2 aromatic carbocycles. The van der Waals surface area contributed by atoms with Crippen molar-refractivity contribution in [2.24, 2.45) is 0 Å². The molecule has 0 aliphatic carbocycles. The first-order chi connectivity index (χ1) is 12.2. The zero-order chi connectivity index (χ0) is 18.1. The summed E-state index contributed by atoms with van der Waals surface area (Å²) in [7, 11) is 1.57. The zero-order valence-corrected chi connectivity index (χ0v) is 14.5. The lowest BCUT2D eigenvalue weighted by Gasteiger charge is -2.19. The van der Waals surface area contributed by atoms with Crippen molar-refractivity contribution in [2.45, 2.75) is 19.4 Å². The van der Waals surface area contributed by atoms with E-state index in [-0.39, 0.29) is 5.91 Å². The third-order valence-electron chi connectivity index (χ3n) is 3.49. The molecule has 5 nitrogen and oxygen atoms in total. The van der Waals surface area contributed by atoms with Gasteiger partial charge in [0.1, 0.15) is 12.4 Å². The number of carbonyl (C=O) groups excluding carboxylic acids is 1. The maximum absolute atomic E-state index is 12.5. The van der Waals surface area contributed by atoms with E-state index >= 15 is 0 Å². The fraction of sp³-hybridized carbons (Fsp3) is 0.250. The first kappa shape index (κ1) is 18.4. The SMILES string of the molecule is C=CCOc1ccc(NC(=O)[C@H](CC)Oc2ccccc2OC)cc1. The Morgan fingerprint density at radius 3 is 2.44 bits per heavy atom. The molecule has 5 heteroatoms. The fourth-order valence-corrected chi connectivity index (χ4v) is 2.20. The number of ether oxygens (including phenoxy) is 3. The highest BCUT2D eigenvalue weighted by Crippen LogP contribution is 2.27. The highest BCUT2D eigenvalue weighted by molar-refractivity contribution is 5.94. The van der Waals surface area contributed by atoms with E-state index in [1.807, 2.05) is 19.1 Å². The van der Waals surface area contributed by atoms with E-state index in [9.17, 15) is 4.79 Å². The average Bonchev–Trinajstić information content (AvgIpc) is 2.65. The molecule has 0 unspecified atom stereocenters. The van der Waals surface area contributed by atoms with Crippen LogP contribution in [0.4, 0.5) is 5.69 Å². The van der Waals surface area contributed by atoms with Gasteiger partial charge < -0.3 is 19.5 Å². The summed E-state index contributed by atoms with van der Waals surface area (Å²) in [5, 5.41) is 2.85. The molecule has 0 aliphatic heterocycles. The van der Waals surface area contributed by atoms with Crippen molar-refractivity contribution < 1.29 is 19.0 Å². The molecule has 0 aliphatic rings. The topological polar surface area (TPSA) is 56.8 Å². The van der Waals surface area contributed by atoms with Crippen LogP contribution in [0.15, 0.2) is 61.2 Å². The van der Waals surface area contributed by atoms with E-state index in [1.54, 1.807) is 49.6 Å². The van der Waals surface area contributed by atoms with E-state index in [4.69, 9.17) is 14.2 Å². The maximum Gasteiger partial charge on any atom is 0.265 e. The zero-order valence-electron chi connectivity index (χ0n) is 14.5. The number of amides is 1. The molecule has 0 saturated heterocycles. The Labute approximate surface area is 148 Å². The number of carbonyl (C=O) groups is 1. The Hall–Kier alpha value is -2.95. The van der Waals surface area contributed by atoms with Gasteiger partial charge in [0.05, 0.1) is 7.11 Å². The van der Waals surface area contributed by atoms with Gasteiger partial charge in [0.2, 0.25) is 0 Å². The maximum atomic E-state index is 12.5. The number of para-hydroxylation sites is 2. The van der Waals surface area contributed by atoms with Crippen LogP contribution in [0.25, 0.3) is 0 Å². The van der Waals surface area contributed by atoms with Crippen molar-refractivity contribution in [3.8, 4) is 17.2 Å². The summed E-state index contributed by atoms with van der Waals surface area (Å²) < 4.78 is 16.5. The molecule has 2 rings (SSSR count). The first-order valence-corrected chi connectivity index (χ1v) is 8.12. The van der Waals surface area contributed by atoms with Gasteiger partial charge in [-0.2, -0.15) is 0 Å². The normalized spacial score (nSPS) is 11.3. The Morgan fingerprint density at radius 1 is 1.16 bits per heavy atom. The molecule has 1 N–H and O–H groups in total. The molecule has 0 spiro atoms. The molecule has 1 amide bonds. The smallest absolute Gasteiger partial charge is 0.265 e. The third kappa shape index (κ3) is 5.28. The van der Waals surface area contributed by atoms with Crippen molar-refractivity contribution in [2.75, 3.05) is 19.0 Å². The van der Waals surface area contributed by atoms with Gasteiger partial charge >= 0.3 is 0 Å². The molecule has 0 radical (unpaired) electrons. The third-order valence-corrected chi connectivity index (χ3v) is 3.49. The van der Waals surface area contributed by atoms with Crippen LogP contribution in [0.3, 0.4) is 0 Å². The van der Waals surface area contributed by atoms with Gasteiger partial charge in [0.15, 0.2) is 17.6 Å². The van der Waals surface area contributed by atoms with Crippen molar-refractivity contribution in [1.29, 1.82) is 0 Å². The number of methoxy groups -OCH3 is 1. The summed E-state index contributed by atoms with van der Waals surface area (Å²) in [4.78, 5) is 12.5. The molecule has 0 aromatic heterocycles. The fourth-order valence-electron chi connectivity index (χ4n) is 2.20. The van der Waals surface area contributed by atoms with Gasteiger partial charge in [-0.1, -0.05) is 31.7 Å². The summed E-state index contributed by atoms with van der Waals surface area (Å²) in [6.45, 7) is 5.94. The van der Waals surface area contributed by atoms with E-state index in [2.05, 4.69) is 11.9 Å². The van der Waals surface area contributed by atoms with E-state index in [0.29, 0.717) is 30.2 Å². The van der Waals surface area contributed by atoms with Crippen molar-refractivity contribution in [1.82, 2.24) is 0 Å². The predicted molar refractivity (Wildman–Crippen MR) is 98.5 cm³/mol. The van der Waals surface area contributed by atoms with Crippen LogP contribution in [-0.4, -0.2) is 25.7 Å². The highest BCUT2D eigenvalue weighted by Gasteiger charge is 2.20. The molecule has 0 heterocycles. The van der Waals surface area contributed by atoms with E-state index in [0.717, 1.165) is 5.75 Å². The lowest BCUT2D eigenvalue weighted by molar-refractivity contribution is -0.122. The molecular weight excluding hydrogens is 318 g/mol. The summed E-state index contributed by atoms with van der Waals surface area (Å²) in [5.41, 5.74) is 0.679. The Morgan fingerprint density at radius 2 is 1.84 bits per heavy atom. The number of hydrogen-bond donors (Lipinski definition) is 1. The van der Waals surface area contributed by atoms with Crippen LogP contribution >= 0.6 is 0 Å². The summed E-state index contributed by atoms with van der Waals surface area (Å²) in [5.74, 6) is 1.64. The predicted octanol–water partition coefficient (Wildman–Crippen LogP) is 4.06. The molecule has 0 saturated carbocycles. The van der Waals surface area contributed by atoms with Crippen LogP contribution in [0.1, 0.15) is 13.3 Å². The van der Waals surface area contributed by atoms with Crippen LogP contribution in [0, 0.1) is 0 Å². The van der Waals surface area contributed by atoms with Gasteiger partial charge in [-0.05, 0) is 42.8 Å². The number of rotatable bonds is 9. The molecule has 1 atom stereocenters. The van der Waals surface area contributed by atoms with Gasteiger partial charge in [0, 0.05) is 5.69 Å². The summed E-state index contributed by atoms with van der Waals surface area (Å²) in [6.07, 6.45) is 1.59. The molecular formula is C20H23NO4. The Bertz CT molecular complexity index is 697. The number of anilines is 1. The van der Waals surface area contributed by atoms with Crippen molar-refractivity contribution >= 4 is 11.6 Å². The van der Waals surface area contributed by atoms with Gasteiger partial charge in [-0.25, -0.2) is 0 Å². The molecule has 25 heavy (non-hydrogen) atoms. The molecule has 0 bridgehead atoms. The quantitative estimate of drug-likeness (QED) is 0.699. The average molecular weight is 341 g/mol. The lowest BCUT2D eigenvalue weighted by atomic mass is 10.2.